The molecule has 110 valence electrons. The van der Waals surface area contributed by atoms with Crippen LogP contribution in [0.5, 0.6) is 0 Å². The molecule has 2 rings (SSSR count). The highest BCUT2D eigenvalue weighted by atomic mass is 35.5. The fraction of sp³-hybridized carbons (Fsp3) is 0.462. The van der Waals surface area contributed by atoms with Crippen LogP contribution in [0.4, 0.5) is 0 Å². The molecule has 1 fully saturated rings. The molecule has 2 unspecified atom stereocenters. The van der Waals surface area contributed by atoms with Crippen molar-refractivity contribution >= 4 is 39.1 Å². The molecule has 1 heterocycles. The summed E-state index contributed by atoms with van der Waals surface area (Å²) >= 11 is 7.76. The van der Waals surface area contributed by atoms with Crippen LogP contribution in [0.3, 0.4) is 0 Å². The minimum absolute atomic E-state index is 0.339. The van der Waals surface area contributed by atoms with Crippen LogP contribution in [0, 0.1) is 0 Å². The highest BCUT2D eigenvalue weighted by Gasteiger charge is 2.36. The zero-order valence-corrected chi connectivity index (χ0v) is 13.4. The lowest BCUT2D eigenvalue weighted by Crippen LogP contribution is -2.50. The summed E-state index contributed by atoms with van der Waals surface area (Å²) < 4.78 is 23.6. The molecule has 1 aliphatic heterocycles. The van der Waals surface area contributed by atoms with Crippen molar-refractivity contribution in [3.8, 4) is 0 Å². The first-order valence-corrected chi connectivity index (χ1v) is 9.72. The Morgan fingerprint density at radius 2 is 2.05 bits per heavy atom. The molecule has 0 spiro atoms. The van der Waals surface area contributed by atoms with Crippen molar-refractivity contribution in [3.05, 3.63) is 35.9 Å². The third-order valence-corrected chi connectivity index (χ3v) is 6.25. The Balaban J connectivity index is 2.22. The Hall–Kier alpha value is -0.720. The van der Waals surface area contributed by atoms with Crippen LogP contribution in [0.1, 0.15) is 10.9 Å². The van der Waals surface area contributed by atoms with Crippen molar-refractivity contribution in [2.45, 2.75) is 10.8 Å². The molecule has 4 nitrogen and oxygen atoms in total. The largest absolute Gasteiger partial charge is 0.322 e. The molecule has 7 heteroatoms. The maximum atomic E-state index is 12.5. The second-order valence-electron chi connectivity index (χ2n) is 4.66. The van der Waals surface area contributed by atoms with Gasteiger partial charge < -0.3 is 4.90 Å². The lowest BCUT2D eigenvalue weighted by molar-refractivity contribution is -0.131. The highest BCUT2D eigenvalue weighted by Crippen LogP contribution is 2.28. The van der Waals surface area contributed by atoms with Gasteiger partial charge in [0.15, 0.2) is 9.84 Å². The average Bonchev–Trinajstić information content (AvgIpc) is 2.46. The lowest BCUT2D eigenvalue weighted by Gasteiger charge is -2.35. The molecule has 20 heavy (non-hydrogen) atoms. The monoisotopic (exact) mass is 333 g/mol. The Bertz CT molecular complexity index is 577. The zero-order chi connectivity index (χ0) is 14.8. The van der Waals surface area contributed by atoms with Gasteiger partial charge in [-0.05, 0) is 5.56 Å². The molecule has 0 radical (unpaired) electrons. The number of thioether (sulfide) groups is 1. The number of sulfone groups is 1. The van der Waals surface area contributed by atoms with Crippen molar-refractivity contribution < 1.29 is 13.2 Å². The predicted molar refractivity (Wildman–Crippen MR) is 82.7 cm³/mol. The number of hydrogen-bond acceptors (Lipinski definition) is 4. The van der Waals surface area contributed by atoms with E-state index >= 15 is 0 Å². The zero-order valence-electron chi connectivity index (χ0n) is 11.0. The van der Waals surface area contributed by atoms with E-state index in [0.717, 1.165) is 12.0 Å². The van der Waals surface area contributed by atoms with Gasteiger partial charge in [0, 0.05) is 24.3 Å². The van der Waals surface area contributed by atoms with Crippen LogP contribution in [-0.4, -0.2) is 48.9 Å². The van der Waals surface area contributed by atoms with Gasteiger partial charge in [0.2, 0.25) is 5.91 Å². The van der Waals surface area contributed by atoms with Gasteiger partial charge in [-0.25, -0.2) is 8.42 Å². The first-order chi connectivity index (χ1) is 9.41. The molecule has 0 bridgehead atoms. The van der Waals surface area contributed by atoms with Crippen LogP contribution in [0.2, 0.25) is 0 Å². The van der Waals surface area contributed by atoms with Gasteiger partial charge >= 0.3 is 0 Å². The molecule has 1 amide bonds. The molecule has 1 saturated heterocycles. The fourth-order valence-electron chi connectivity index (χ4n) is 2.10. The molecule has 0 saturated carbocycles. The van der Waals surface area contributed by atoms with E-state index < -0.39 is 20.6 Å². The maximum Gasteiger partial charge on any atom is 0.246 e. The highest BCUT2D eigenvalue weighted by molar-refractivity contribution is 8.00. The second kappa shape index (κ2) is 6.37. The van der Waals surface area contributed by atoms with Crippen LogP contribution in [0.25, 0.3) is 0 Å². The van der Waals surface area contributed by atoms with E-state index in [1.54, 1.807) is 36.0 Å². The smallest absolute Gasteiger partial charge is 0.246 e. The standard InChI is InChI=1S/C13H16ClNO3S2/c1-20(17,18)11-9-19-8-7-15(11)13(16)12(14)10-5-3-2-4-6-10/h2-6,11-12H,7-9H2,1H3. The second-order valence-corrected chi connectivity index (χ2v) is 8.45. The Kier molecular flexibility index (Phi) is 4.99. The summed E-state index contributed by atoms with van der Waals surface area (Å²) in [6, 6.07) is 8.98. The van der Waals surface area contributed by atoms with Crippen LogP contribution in [0.15, 0.2) is 30.3 Å². The number of alkyl halides is 1. The number of amides is 1. The number of halogens is 1. The maximum absolute atomic E-state index is 12.5. The number of nitrogens with zero attached hydrogens (tertiary/aromatic N) is 1. The van der Waals surface area contributed by atoms with Gasteiger partial charge in [0.1, 0.15) is 10.8 Å². The van der Waals surface area contributed by atoms with Crippen molar-refractivity contribution in [3.63, 3.8) is 0 Å². The van der Waals surface area contributed by atoms with Crippen LogP contribution in [-0.2, 0) is 14.6 Å². The van der Waals surface area contributed by atoms with E-state index in [0.29, 0.717) is 17.9 Å². The Morgan fingerprint density at radius 3 is 2.65 bits per heavy atom. The van der Waals surface area contributed by atoms with Crippen molar-refractivity contribution in [2.24, 2.45) is 0 Å². The van der Waals surface area contributed by atoms with Gasteiger partial charge in [-0.1, -0.05) is 30.3 Å². The van der Waals surface area contributed by atoms with Crippen LogP contribution >= 0.6 is 23.4 Å². The summed E-state index contributed by atoms with van der Waals surface area (Å²) in [5.74, 6) is 0.799. The van der Waals surface area contributed by atoms with E-state index in [-0.39, 0.29) is 5.91 Å². The molecular formula is C13H16ClNO3S2. The SMILES string of the molecule is CS(=O)(=O)C1CSCCN1C(=O)C(Cl)c1ccccc1. The average molecular weight is 334 g/mol. The summed E-state index contributed by atoms with van der Waals surface area (Å²) in [5.41, 5.74) is 0.685. The number of carbonyl (C=O) groups is 1. The topological polar surface area (TPSA) is 54.5 Å². The minimum Gasteiger partial charge on any atom is -0.322 e. The predicted octanol–water partition coefficient (Wildman–Crippen LogP) is 1.91. The number of carbonyl (C=O) groups excluding carboxylic acids is 1. The molecule has 2 atom stereocenters. The molecular weight excluding hydrogens is 318 g/mol. The minimum atomic E-state index is -3.31. The van der Waals surface area contributed by atoms with Crippen LogP contribution < -0.4 is 0 Å². The summed E-state index contributed by atoms with van der Waals surface area (Å²) in [5, 5.41) is -1.62. The van der Waals surface area contributed by atoms with E-state index in [1.807, 2.05) is 6.07 Å². The summed E-state index contributed by atoms with van der Waals surface area (Å²) in [6.45, 7) is 0.414. The molecule has 0 aliphatic carbocycles. The Morgan fingerprint density at radius 1 is 1.40 bits per heavy atom. The summed E-state index contributed by atoms with van der Waals surface area (Å²) in [7, 11) is -3.31. The molecule has 1 aromatic carbocycles. The van der Waals surface area contributed by atoms with Gasteiger partial charge in [0.05, 0.1) is 0 Å². The Labute approximate surface area is 128 Å². The number of rotatable bonds is 3. The molecule has 0 aromatic heterocycles. The summed E-state index contributed by atoms with van der Waals surface area (Å²) in [4.78, 5) is 13.9. The number of benzene rings is 1. The molecule has 0 N–H and O–H groups in total. The quantitative estimate of drug-likeness (QED) is 0.793. The normalized spacial score (nSPS) is 21.5. The first kappa shape index (κ1) is 15.7. The van der Waals surface area contributed by atoms with Crippen molar-refractivity contribution in [1.29, 1.82) is 0 Å². The first-order valence-electron chi connectivity index (χ1n) is 6.17. The van der Waals surface area contributed by atoms with Crippen molar-refractivity contribution in [1.82, 2.24) is 4.90 Å². The third kappa shape index (κ3) is 3.48. The van der Waals surface area contributed by atoms with Crippen molar-refractivity contribution in [2.75, 3.05) is 24.3 Å². The molecule has 1 aliphatic rings. The van der Waals surface area contributed by atoms with E-state index in [9.17, 15) is 13.2 Å². The number of hydrogen-bond donors (Lipinski definition) is 0. The third-order valence-electron chi connectivity index (χ3n) is 3.17. The van der Waals surface area contributed by atoms with E-state index in [1.165, 1.54) is 4.90 Å². The fourth-order valence-corrected chi connectivity index (χ4v) is 5.19. The lowest BCUT2D eigenvalue weighted by atomic mass is 10.1. The van der Waals surface area contributed by atoms with Gasteiger partial charge in [0.25, 0.3) is 0 Å². The molecule has 1 aromatic rings. The van der Waals surface area contributed by atoms with Gasteiger partial charge in [-0.2, -0.15) is 11.8 Å². The van der Waals surface area contributed by atoms with Gasteiger partial charge in [-0.3, -0.25) is 4.79 Å². The summed E-state index contributed by atoms with van der Waals surface area (Å²) in [6.07, 6.45) is 1.16. The van der Waals surface area contributed by atoms with E-state index in [2.05, 4.69) is 0 Å². The van der Waals surface area contributed by atoms with Gasteiger partial charge in [-0.15, -0.1) is 11.6 Å². The van der Waals surface area contributed by atoms with E-state index in [4.69, 9.17) is 11.6 Å².